The van der Waals surface area contributed by atoms with Gasteiger partial charge < -0.3 is 10.5 Å². The Morgan fingerprint density at radius 2 is 2.17 bits per heavy atom. The van der Waals surface area contributed by atoms with Crippen LogP contribution in [0.2, 0.25) is 5.02 Å². The fraction of sp³-hybridized carbons (Fsp3) is 0.154. The van der Waals surface area contributed by atoms with E-state index in [1.54, 1.807) is 25.1 Å². The molecule has 0 spiro atoms. The van der Waals surface area contributed by atoms with Gasteiger partial charge >= 0.3 is 0 Å². The Morgan fingerprint density at radius 1 is 1.39 bits per heavy atom. The number of nitrogens with zero attached hydrogens (tertiary/aromatic N) is 1. The fourth-order valence-electron chi connectivity index (χ4n) is 1.56. The van der Waals surface area contributed by atoms with Crippen LogP contribution in [0.4, 0.5) is 4.39 Å². The predicted octanol–water partition coefficient (Wildman–Crippen LogP) is 3.69. The predicted molar refractivity (Wildman–Crippen MR) is 68.3 cm³/mol. The van der Waals surface area contributed by atoms with E-state index in [0.29, 0.717) is 16.3 Å². The first kappa shape index (κ1) is 12.8. The van der Waals surface area contributed by atoms with Gasteiger partial charge in [0, 0.05) is 23.9 Å². The van der Waals surface area contributed by atoms with E-state index in [-0.39, 0.29) is 11.8 Å². The summed E-state index contributed by atoms with van der Waals surface area (Å²) >= 11 is 5.79. The van der Waals surface area contributed by atoms with Crippen LogP contribution >= 0.6 is 11.6 Å². The summed E-state index contributed by atoms with van der Waals surface area (Å²) in [7, 11) is 0. The summed E-state index contributed by atoms with van der Waals surface area (Å²) in [5, 5.41) is 0.422. The van der Waals surface area contributed by atoms with E-state index >= 15 is 0 Å². The van der Waals surface area contributed by atoms with Gasteiger partial charge in [0.25, 0.3) is 0 Å². The van der Waals surface area contributed by atoms with Crippen molar-refractivity contribution >= 4 is 11.6 Å². The van der Waals surface area contributed by atoms with E-state index in [1.165, 1.54) is 18.5 Å². The van der Waals surface area contributed by atoms with Gasteiger partial charge in [0.15, 0.2) is 11.6 Å². The van der Waals surface area contributed by atoms with Crippen molar-refractivity contribution in [3.8, 4) is 11.5 Å². The molecule has 5 heteroatoms. The zero-order valence-electron chi connectivity index (χ0n) is 9.73. The van der Waals surface area contributed by atoms with Gasteiger partial charge in [-0.25, -0.2) is 4.39 Å². The van der Waals surface area contributed by atoms with Crippen molar-refractivity contribution in [1.29, 1.82) is 0 Å². The molecule has 0 saturated heterocycles. The maximum absolute atomic E-state index is 13.8. The molecule has 94 valence electrons. The standard InChI is InChI=1S/C13H12ClFN2O/c1-8(16)11-3-2-4-12(15)13(11)18-10-5-9(14)6-17-7-10/h2-8H,16H2,1H3/t8-/m0/s1. The Balaban J connectivity index is 2.39. The molecule has 0 unspecified atom stereocenters. The number of benzene rings is 1. The van der Waals surface area contributed by atoms with E-state index < -0.39 is 5.82 Å². The first-order chi connectivity index (χ1) is 8.58. The van der Waals surface area contributed by atoms with Crippen LogP contribution in [0, 0.1) is 5.82 Å². The summed E-state index contributed by atoms with van der Waals surface area (Å²) in [5.74, 6) is 0.0100. The maximum atomic E-state index is 13.8. The largest absolute Gasteiger partial charge is 0.452 e. The average Bonchev–Trinajstić information content (AvgIpc) is 2.31. The summed E-state index contributed by atoms with van der Waals surface area (Å²) < 4.78 is 19.2. The SMILES string of the molecule is C[C@H](N)c1cccc(F)c1Oc1cncc(Cl)c1. The number of rotatable bonds is 3. The molecule has 0 aliphatic heterocycles. The zero-order chi connectivity index (χ0) is 13.1. The molecule has 2 aromatic rings. The lowest BCUT2D eigenvalue weighted by atomic mass is 10.1. The molecule has 1 aromatic carbocycles. The fourth-order valence-corrected chi connectivity index (χ4v) is 1.72. The zero-order valence-corrected chi connectivity index (χ0v) is 10.5. The first-order valence-corrected chi connectivity index (χ1v) is 5.78. The lowest BCUT2D eigenvalue weighted by molar-refractivity contribution is 0.431. The van der Waals surface area contributed by atoms with Crippen molar-refractivity contribution in [2.75, 3.05) is 0 Å². The molecular formula is C13H12ClFN2O. The third kappa shape index (κ3) is 2.78. The minimum absolute atomic E-state index is 0.108. The van der Waals surface area contributed by atoms with Crippen LogP contribution in [0.3, 0.4) is 0 Å². The smallest absolute Gasteiger partial charge is 0.167 e. The van der Waals surface area contributed by atoms with Crippen molar-refractivity contribution < 1.29 is 9.13 Å². The molecular weight excluding hydrogens is 255 g/mol. The molecule has 0 radical (unpaired) electrons. The second-order valence-electron chi connectivity index (χ2n) is 3.89. The molecule has 0 bridgehead atoms. The lowest BCUT2D eigenvalue weighted by Gasteiger charge is -2.14. The van der Waals surface area contributed by atoms with Gasteiger partial charge in [-0.3, -0.25) is 4.98 Å². The van der Waals surface area contributed by atoms with E-state index in [0.717, 1.165) is 0 Å². The molecule has 0 aliphatic carbocycles. The normalized spacial score (nSPS) is 12.2. The van der Waals surface area contributed by atoms with Crippen LogP contribution in [0.5, 0.6) is 11.5 Å². The molecule has 2 N–H and O–H groups in total. The highest BCUT2D eigenvalue weighted by molar-refractivity contribution is 6.30. The van der Waals surface area contributed by atoms with E-state index in [1.807, 2.05) is 0 Å². The highest BCUT2D eigenvalue weighted by Gasteiger charge is 2.14. The summed E-state index contributed by atoms with van der Waals surface area (Å²) in [5.41, 5.74) is 6.37. The summed E-state index contributed by atoms with van der Waals surface area (Å²) in [6.45, 7) is 1.76. The van der Waals surface area contributed by atoms with Gasteiger partial charge in [-0.2, -0.15) is 0 Å². The quantitative estimate of drug-likeness (QED) is 0.922. The maximum Gasteiger partial charge on any atom is 0.167 e. The number of nitrogens with two attached hydrogens (primary N) is 1. The third-order valence-corrected chi connectivity index (χ3v) is 2.59. The number of aromatic nitrogens is 1. The van der Waals surface area contributed by atoms with Crippen LogP contribution in [-0.4, -0.2) is 4.98 Å². The lowest BCUT2D eigenvalue weighted by Crippen LogP contribution is -2.07. The number of hydrogen-bond acceptors (Lipinski definition) is 3. The van der Waals surface area contributed by atoms with Crippen LogP contribution in [-0.2, 0) is 0 Å². The van der Waals surface area contributed by atoms with E-state index in [2.05, 4.69) is 4.98 Å². The second kappa shape index (κ2) is 5.33. The summed E-state index contributed by atoms with van der Waals surface area (Å²) in [6, 6.07) is 5.87. The first-order valence-electron chi connectivity index (χ1n) is 5.40. The highest BCUT2D eigenvalue weighted by atomic mass is 35.5. The third-order valence-electron chi connectivity index (χ3n) is 2.39. The van der Waals surface area contributed by atoms with Crippen molar-refractivity contribution in [2.45, 2.75) is 13.0 Å². The molecule has 0 amide bonds. The average molecular weight is 267 g/mol. The number of para-hydroxylation sites is 1. The van der Waals surface area contributed by atoms with Crippen LogP contribution in [0.15, 0.2) is 36.7 Å². The minimum atomic E-state index is -0.468. The Labute approximate surface area is 109 Å². The van der Waals surface area contributed by atoms with Gasteiger partial charge in [-0.05, 0) is 13.0 Å². The number of halogens is 2. The van der Waals surface area contributed by atoms with E-state index in [9.17, 15) is 4.39 Å². The molecule has 0 saturated carbocycles. The molecule has 18 heavy (non-hydrogen) atoms. The molecule has 1 atom stereocenters. The van der Waals surface area contributed by atoms with Crippen molar-refractivity contribution in [3.63, 3.8) is 0 Å². The monoisotopic (exact) mass is 266 g/mol. The van der Waals surface area contributed by atoms with Crippen molar-refractivity contribution in [3.05, 3.63) is 53.1 Å². The highest BCUT2D eigenvalue weighted by Crippen LogP contribution is 2.31. The summed E-state index contributed by atoms with van der Waals surface area (Å²) in [6.07, 6.45) is 2.94. The van der Waals surface area contributed by atoms with Crippen LogP contribution in [0.1, 0.15) is 18.5 Å². The number of pyridine rings is 1. The molecule has 1 aromatic heterocycles. The van der Waals surface area contributed by atoms with Gasteiger partial charge in [0.1, 0.15) is 5.75 Å². The Bertz CT molecular complexity index is 560. The molecule has 1 heterocycles. The van der Waals surface area contributed by atoms with Gasteiger partial charge in [0.05, 0.1) is 11.2 Å². The Hall–Kier alpha value is -1.65. The topological polar surface area (TPSA) is 48.1 Å². The van der Waals surface area contributed by atoms with Crippen molar-refractivity contribution in [1.82, 2.24) is 4.98 Å². The Morgan fingerprint density at radius 3 is 2.83 bits per heavy atom. The van der Waals surface area contributed by atoms with E-state index in [4.69, 9.17) is 22.1 Å². The molecule has 2 rings (SSSR count). The van der Waals surface area contributed by atoms with Gasteiger partial charge in [-0.1, -0.05) is 23.7 Å². The second-order valence-corrected chi connectivity index (χ2v) is 4.32. The molecule has 0 aliphatic rings. The minimum Gasteiger partial charge on any atom is -0.452 e. The Kier molecular flexibility index (Phi) is 3.79. The van der Waals surface area contributed by atoms with Gasteiger partial charge in [0.2, 0.25) is 0 Å². The number of ether oxygens (including phenoxy) is 1. The summed E-state index contributed by atoms with van der Waals surface area (Å²) in [4.78, 5) is 3.87. The van der Waals surface area contributed by atoms with Crippen molar-refractivity contribution in [2.24, 2.45) is 5.73 Å². The molecule has 3 nitrogen and oxygen atoms in total. The molecule has 0 fully saturated rings. The van der Waals surface area contributed by atoms with Gasteiger partial charge in [-0.15, -0.1) is 0 Å². The van der Waals surface area contributed by atoms with Crippen LogP contribution in [0.25, 0.3) is 0 Å². The number of hydrogen-bond donors (Lipinski definition) is 1. The van der Waals surface area contributed by atoms with Crippen LogP contribution < -0.4 is 10.5 Å².